The normalized spacial score (nSPS) is 11.5. The van der Waals surface area contributed by atoms with Gasteiger partial charge in [0.2, 0.25) is 11.7 Å². The van der Waals surface area contributed by atoms with E-state index in [0.717, 1.165) is 16.1 Å². The van der Waals surface area contributed by atoms with E-state index in [0.29, 0.717) is 49.1 Å². The lowest BCUT2D eigenvalue weighted by Gasteiger charge is -2.15. The smallest absolute Gasteiger partial charge is 0.287 e. The number of pyridine rings is 1. The molecule has 3 aromatic carbocycles. The molecule has 0 bridgehead atoms. The van der Waals surface area contributed by atoms with E-state index in [9.17, 15) is 14.9 Å². The van der Waals surface area contributed by atoms with Crippen molar-refractivity contribution in [1.29, 1.82) is 0 Å². The number of benzene rings is 3. The molecule has 0 saturated carbocycles. The van der Waals surface area contributed by atoms with Crippen LogP contribution in [-0.2, 0) is 0 Å². The summed E-state index contributed by atoms with van der Waals surface area (Å²) in [5.74, 6) is 1.35. The first-order valence-corrected chi connectivity index (χ1v) is 15.3. The topological polar surface area (TPSA) is 135 Å². The number of aromatic nitrogens is 3. The Labute approximate surface area is 273 Å². The van der Waals surface area contributed by atoms with Crippen molar-refractivity contribution in [3.63, 3.8) is 0 Å². The van der Waals surface area contributed by atoms with Crippen LogP contribution in [0.3, 0.4) is 0 Å². The van der Waals surface area contributed by atoms with Crippen LogP contribution in [0.15, 0.2) is 101 Å². The standard InChI is InChI=1S/C30H18Br3N5O6/c1-2-42-23-13-17(26(32)27(33)28(23)44-25-10-8-19(15-34-25)38(40)41)14-35-37-29(36-21-6-4-3-5-20(21)30(37)39)24-12-16-11-18(31)7-9-22(16)43-24/h3-15H,2H2,1H3. The summed E-state index contributed by atoms with van der Waals surface area (Å²) in [4.78, 5) is 32.9. The Morgan fingerprint density at radius 3 is 2.64 bits per heavy atom. The number of hydrogen-bond donors (Lipinski definition) is 0. The largest absolute Gasteiger partial charge is 0.490 e. The van der Waals surface area contributed by atoms with Crippen molar-refractivity contribution in [1.82, 2.24) is 14.6 Å². The van der Waals surface area contributed by atoms with Crippen LogP contribution in [0, 0.1) is 10.1 Å². The second kappa shape index (κ2) is 12.3. The minimum Gasteiger partial charge on any atom is -0.490 e. The average Bonchev–Trinajstić information content (AvgIpc) is 3.44. The summed E-state index contributed by atoms with van der Waals surface area (Å²) in [7, 11) is 0. The van der Waals surface area contributed by atoms with Gasteiger partial charge in [-0.05, 0) is 81.2 Å². The molecule has 0 spiro atoms. The van der Waals surface area contributed by atoms with Crippen LogP contribution in [0.2, 0.25) is 0 Å². The fraction of sp³-hybridized carbons (Fsp3) is 0.0667. The van der Waals surface area contributed by atoms with E-state index in [-0.39, 0.29) is 28.7 Å². The summed E-state index contributed by atoms with van der Waals surface area (Å²) < 4.78 is 21.0. The Hall–Kier alpha value is -4.40. The van der Waals surface area contributed by atoms with E-state index < -0.39 is 4.92 Å². The third-order valence-corrected chi connectivity index (χ3v) is 9.00. The number of fused-ring (bicyclic) bond motifs is 2. The number of para-hydroxylation sites is 1. The first-order valence-electron chi connectivity index (χ1n) is 12.9. The Balaban J connectivity index is 1.45. The summed E-state index contributed by atoms with van der Waals surface area (Å²) in [6.45, 7) is 2.13. The van der Waals surface area contributed by atoms with Gasteiger partial charge in [-0.15, -0.1) is 0 Å². The van der Waals surface area contributed by atoms with Crippen LogP contribution in [0.5, 0.6) is 17.4 Å². The number of nitrogens with zero attached hydrogens (tertiary/aromatic N) is 5. The van der Waals surface area contributed by atoms with E-state index >= 15 is 0 Å². The van der Waals surface area contributed by atoms with Gasteiger partial charge in [-0.25, -0.2) is 9.97 Å². The van der Waals surface area contributed by atoms with E-state index in [2.05, 4.69) is 57.9 Å². The SMILES string of the molecule is CCOc1cc(C=Nn2c(-c3cc4cc(Br)ccc4o3)nc3ccccc3c2=O)c(Br)c(Br)c1Oc1ccc([N+](=O)[O-])cn1. The molecule has 0 saturated heterocycles. The highest BCUT2D eigenvalue weighted by molar-refractivity contribution is 9.13. The Morgan fingerprint density at radius 1 is 1.07 bits per heavy atom. The zero-order valence-electron chi connectivity index (χ0n) is 22.5. The average molecular weight is 784 g/mol. The minimum atomic E-state index is -0.544. The quantitative estimate of drug-likeness (QED) is 0.0853. The maximum absolute atomic E-state index is 13.7. The molecule has 14 heteroatoms. The molecule has 3 heterocycles. The second-order valence-electron chi connectivity index (χ2n) is 9.17. The molecule has 0 atom stereocenters. The summed E-state index contributed by atoms with van der Waals surface area (Å²) in [5, 5.41) is 16.8. The predicted octanol–water partition coefficient (Wildman–Crippen LogP) is 8.47. The van der Waals surface area contributed by atoms with E-state index in [1.165, 1.54) is 23.0 Å². The molecule has 0 N–H and O–H groups in total. The van der Waals surface area contributed by atoms with E-state index in [1.54, 1.807) is 30.3 Å². The highest BCUT2D eigenvalue weighted by Gasteiger charge is 2.20. The molecule has 44 heavy (non-hydrogen) atoms. The van der Waals surface area contributed by atoms with Crippen molar-refractivity contribution in [2.45, 2.75) is 6.92 Å². The first kappa shape index (κ1) is 29.7. The van der Waals surface area contributed by atoms with Gasteiger partial charge < -0.3 is 13.9 Å². The number of hydrogen-bond acceptors (Lipinski definition) is 9. The van der Waals surface area contributed by atoms with Crippen molar-refractivity contribution in [3.8, 4) is 29.0 Å². The van der Waals surface area contributed by atoms with Crippen LogP contribution in [0.25, 0.3) is 33.5 Å². The minimum absolute atomic E-state index is 0.127. The summed E-state index contributed by atoms with van der Waals surface area (Å²) >= 11 is 10.6. The van der Waals surface area contributed by atoms with Gasteiger partial charge in [0, 0.05) is 32.0 Å². The van der Waals surface area contributed by atoms with Gasteiger partial charge in [0.15, 0.2) is 17.3 Å². The number of furan rings is 1. The third-order valence-electron chi connectivity index (χ3n) is 6.36. The molecule has 0 aliphatic rings. The maximum atomic E-state index is 13.7. The molecule has 0 unspecified atom stereocenters. The Bertz CT molecular complexity index is 2160. The fourth-order valence-corrected chi connectivity index (χ4v) is 5.62. The zero-order valence-corrected chi connectivity index (χ0v) is 27.3. The number of nitro groups is 1. The molecule has 0 fully saturated rings. The molecule has 220 valence electrons. The van der Waals surface area contributed by atoms with E-state index in [1.807, 2.05) is 31.2 Å². The van der Waals surface area contributed by atoms with Crippen LogP contribution < -0.4 is 15.0 Å². The van der Waals surface area contributed by atoms with Crippen molar-refractivity contribution < 1.29 is 18.8 Å². The Kier molecular flexibility index (Phi) is 8.29. The van der Waals surface area contributed by atoms with Crippen molar-refractivity contribution in [3.05, 3.63) is 112 Å². The molecule has 0 aliphatic heterocycles. The van der Waals surface area contributed by atoms with Gasteiger partial charge in [-0.3, -0.25) is 14.9 Å². The first-order chi connectivity index (χ1) is 21.2. The maximum Gasteiger partial charge on any atom is 0.287 e. The molecule has 6 aromatic rings. The van der Waals surface area contributed by atoms with Gasteiger partial charge in [-0.1, -0.05) is 28.1 Å². The zero-order chi connectivity index (χ0) is 31.0. The van der Waals surface area contributed by atoms with Crippen molar-refractivity contribution >= 4 is 81.6 Å². The molecule has 6 rings (SSSR count). The van der Waals surface area contributed by atoms with Crippen LogP contribution in [0.1, 0.15) is 12.5 Å². The Morgan fingerprint density at radius 2 is 1.89 bits per heavy atom. The number of ether oxygens (including phenoxy) is 2. The number of halogens is 3. The third kappa shape index (κ3) is 5.75. The van der Waals surface area contributed by atoms with Crippen molar-refractivity contribution in [2.75, 3.05) is 6.61 Å². The molecular formula is C30H18Br3N5O6. The van der Waals surface area contributed by atoms with Gasteiger partial charge in [0.05, 0.1) is 33.1 Å². The van der Waals surface area contributed by atoms with Gasteiger partial charge in [0.1, 0.15) is 11.8 Å². The predicted molar refractivity (Wildman–Crippen MR) is 176 cm³/mol. The summed E-state index contributed by atoms with van der Waals surface area (Å²) in [6, 6.07) is 18.8. The van der Waals surface area contributed by atoms with Gasteiger partial charge in [-0.2, -0.15) is 9.78 Å². The fourth-order valence-electron chi connectivity index (χ4n) is 4.34. The highest BCUT2D eigenvalue weighted by Crippen LogP contribution is 2.44. The van der Waals surface area contributed by atoms with Gasteiger partial charge in [0.25, 0.3) is 11.2 Å². The lowest BCUT2D eigenvalue weighted by Crippen LogP contribution is -2.20. The molecule has 0 aliphatic carbocycles. The summed E-state index contributed by atoms with van der Waals surface area (Å²) in [5.41, 5.74) is 1.14. The van der Waals surface area contributed by atoms with Crippen LogP contribution in [-0.4, -0.2) is 32.4 Å². The highest BCUT2D eigenvalue weighted by atomic mass is 79.9. The summed E-state index contributed by atoms with van der Waals surface area (Å²) in [6.07, 6.45) is 2.60. The van der Waals surface area contributed by atoms with Crippen molar-refractivity contribution in [2.24, 2.45) is 5.10 Å². The lowest BCUT2D eigenvalue weighted by molar-refractivity contribution is -0.385. The number of rotatable bonds is 8. The molecule has 0 amide bonds. The van der Waals surface area contributed by atoms with Crippen LogP contribution >= 0.6 is 47.8 Å². The van der Waals surface area contributed by atoms with E-state index in [4.69, 9.17) is 18.9 Å². The molecule has 11 nitrogen and oxygen atoms in total. The molecular weight excluding hydrogens is 766 g/mol. The molecule has 3 aromatic heterocycles. The monoisotopic (exact) mass is 781 g/mol. The van der Waals surface area contributed by atoms with Crippen LogP contribution in [0.4, 0.5) is 5.69 Å². The second-order valence-corrected chi connectivity index (χ2v) is 11.7. The molecule has 0 radical (unpaired) electrons. The van der Waals surface area contributed by atoms with Gasteiger partial charge >= 0.3 is 0 Å². The lowest BCUT2D eigenvalue weighted by atomic mass is 10.2.